The number of hydrogen-bond donors (Lipinski definition) is 0. The highest BCUT2D eigenvalue weighted by atomic mass is 14.2. The first-order valence-electron chi connectivity index (χ1n) is 15.5. The van der Waals surface area contributed by atoms with Gasteiger partial charge in [-0.15, -0.1) is 0 Å². The fourth-order valence-corrected chi connectivity index (χ4v) is 7.04. The number of hydrogen-bond acceptors (Lipinski definition) is 0. The molecule has 0 saturated heterocycles. The van der Waals surface area contributed by atoms with Gasteiger partial charge >= 0.3 is 0 Å². The monoisotopic (exact) mass is 562 g/mol. The van der Waals surface area contributed by atoms with E-state index in [1.807, 2.05) is 0 Å². The van der Waals surface area contributed by atoms with Gasteiger partial charge in [-0.25, -0.2) is 0 Å². The number of benzene rings is 8. The summed E-state index contributed by atoms with van der Waals surface area (Å²) in [5.74, 6) is 0. The van der Waals surface area contributed by atoms with Crippen LogP contribution in [0.5, 0.6) is 0 Å². The second-order valence-corrected chi connectivity index (χ2v) is 12.5. The van der Waals surface area contributed by atoms with Gasteiger partial charge in [0.1, 0.15) is 0 Å². The van der Waals surface area contributed by atoms with Crippen molar-refractivity contribution >= 4 is 43.1 Å². The highest BCUT2D eigenvalue weighted by Gasteiger charge is 2.12. The van der Waals surface area contributed by atoms with Gasteiger partial charge in [0.2, 0.25) is 0 Å². The first-order chi connectivity index (χ1) is 21.4. The zero-order valence-corrected chi connectivity index (χ0v) is 25.7. The minimum Gasteiger partial charge on any atom is -0.0622 e. The van der Waals surface area contributed by atoms with E-state index in [2.05, 4.69) is 161 Å². The van der Waals surface area contributed by atoms with Crippen molar-refractivity contribution in [2.75, 3.05) is 0 Å². The Hall–Kier alpha value is -5.20. The van der Waals surface area contributed by atoms with Crippen molar-refractivity contribution in [3.63, 3.8) is 0 Å². The third-order valence-electron chi connectivity index (χ3n) is 9.33. The van der Waals surface area contributed by atoms with Crippen LogP contribution >= 0.6 is 0 Å². The molecule has 0 heteroatoms. The zero-order valence-electron chi connectivity index (χ0n) is 25.7. The lowest BCUT2D eigenvalue weighted by molar-refractivity contribution is 1.49. The van der Waals surface area contributed by atoms with Crippen LogP contribution in [0.1, 0.15) is 22.3 Å². The predicted molar refractivity (Wildman–Crippen MR) is 192 cm³/mol. The molecule has 0 aromatic heterocycles. The Kier molecular flexibility index (Phi) is 6.13. The van der Waals surface area contributed by atoms with E-state index < -0.39 is 0 Å². The maximum absolute atomic E-state index is 2.37. The van der Waals surface area contributed by atoms with Crippen LogP contribution in [0.25, 0.3) is 76.5 Å². The quantitative estimate of drug-likeness (QED) is 0.188. The molecule has 0 N–H and O–H groups in total. The molecule has 210 valence electrons. The van der Waals surface area contributed by atoms with Gasteiger partial charge in [-0.1, -0.05) is 114 Å². The zero-order chi connectivity index (χ0) is 29.9. The molecule has 0 radical (unpaired) electrons. The van der Waals surface area contributed by atoms with Crippen LogP contribution < -0.4 is 0 Å². The van der Waals surface area contributed by atoms with Gasteiger partial charge in [-0.3, -0.25) is 0 Å². The number of aryl methyl sites for hydroxylation is 4. The molecule has 0 spiro atoms. The summed E-state index contributed by atoms with van der Waals surface area (Å²) in [6.07, 6.45) is 0. The van der Waals surface area contributed by atoms with Gasteiger partial charge in [-0.05, 0) is 146 Å². The molecular weight excluding hydrogens is 528 g/mol. The topological polar surface area (TPSA) is 0 Å². The van der Waals surface area contributed by atoms with Crippen LogP contribution in [-0.4, -0.2) is 0 Å². The summed E-state index contributed by atoms with van der Waals surface area (Å²) in [7, 11) is 0. The lowest BCUT2D eigenvalue weighted by Gasteiger charge is -2.14. The maximum Gasteiger partial charge on any atom is -0.0100 e. The third-order valence-corrected chi connectivity index (χ3v) is 9.33. The van der Waals surface area contributed by atoms with Crippen LogP contribution in [0.15, 0.2) is 133 Å². The maximum atomic E-state index is 2.37. The summed E-state index contributed by atoms with van der Waals surface area (Å²) < 4.78 is 0. The highest BCUT2D eigenvalue weighted by molar-refractivity contribution is 6.11. The Morgan fingerprint density at radius 3 is 1.18 bits per heavy atom. The van der Waals surface area contributed by atoms with Gasteiger partial charge < -0.3 is 0 Å². The highest BCUT2D eigenvalue weighted by Crippen LogP contribution is 2.38. The lowest BCUT2D eigenvalue weighted by Crippen LogP contribution is -1.89. The average molecular weight is 563 g/mol. The van der Waals surface area contributed by atoms with E-state index in [1.165, 1.54) is 98.7 Å². The largest absolute Gasteiger partial charge is 0.0622 e. The fourth-order valence-electron chi connectivity index (χ4n) is 7.04. The van der Waals surface area contributed by atoms with Crippen molar-refractivity contribution in [1.29, 1.82) is 0 Å². The summed E-state index contributed by atoms with van der Waals surface area (Å²) in [6, 6.07) is 50.1. The molecule has 8 rings (SSSR count). The van der Waals surface area contributed by atoms with E-state index >= 15 is 0 Å². The first kappa shape index (κ1) is 26.4. The normalized spacial score (nSPS) is 11.6. The summed E-state index contributed by atoms with van der Waals surface area (Å²) in [5, 5.41) is 10.5. The third kappa shape index (κ3) is 4.46. The average Bonchev–Trinajstić information content (AvgIpc) is 3.04. The van der Waals surface area contributed by atoms with Crippen molar-refractivity contribution < 1.29 is 0 Å². The van der Waals surface area contributed by atoms with Gasteiger partial charge in [0.25, 0.3) is 0 Å². The summed E-state index contributed by atoms with van der Waals surface area (Å²) in [5.41, 5.74) is 12.6. The lowest BCUT2D eigenvalue weighted by atomic mass is 9.90. The molecular formula is C44H34. The molecule has 8 aromatic rings. The molecule has 0 fully saturated rings. The molecule has 0 amide bonds. The van der Waals surface area contributed by atoms with E-state index in [-0.39, 0.29) is 0 Å². The molecule has 0 atom stereocenters. The Bertz CT molecular complexity index is 2260. The van der Waals surface area contributed by atoms with Crippen LogP contribution in [0.2, 0.25) is 0 Å². The molecule has 0 heterocycles. The fraction of sp³-hybridized carbons (Fsp3) is 0.0909. The standard InChI is InChI=1S/C44H34/c1-27-10-14-39-29(3)20-37-22-32(12-16-41(37)43(39)18-27)35-24-34(31-8-6-5-7-9-31)25-36(26-35)33-13-17-42-38(23-33)21-30(4)40-15-11-28(2)19-44(40)42/h5-26H,1-4H3. The second-order valence-electron chi connectivity index (χ2n) is 12.5. The molecule has 0 bridgehead atoms. The van der Waals surface area contributed by atoms with Crippen LogP contribution in [0, 0.1) is 27.7 Å². The van der Waals surface area contributed by atoms with Crippen LogP contribution in [-0.2, 0) is 0 Å². The number of rotatable bonds is 3. The summed E-state index contributed by atoms with van der Waals surface area (Å²) >= 11 is 0. The van der Waals surface area contributed by atoms with E-state index in [0.29, 0.717) is 0 Å². The summed E-state index contributed by atoms with van der Waals surface area (Å²) in [4.78, 5) is 0. The smallest absolute Gasteiger partial charge is 0.0100 e. The molecule has 0 unspecified atom stereocenters. The molecule has 8 aromatic carbocycles. The molecule has 0 aliphatic carbocycles. The van der Waals surface area contributed by atoms with Crippen molar-refractivity contribution in [1.82, 2.24) is 0 Å². The molecule has 0 nitrogen and oxygen atoms in total. The SMILES string of the molecule is Cc1ccc2c(C)cc3cc(-c4cc(-c5ccccc5)cc(-c5ccc6c(c5)cc(C)c5ccc(C)cc56)c4)ccc3c2c1. The number of fused-ring (bicyclic) bond motifs is 6. The van der Waals surface area contributed by atoms with Crippen molar-refractivity contribution in [2.45, 2.75) is 27.7 Å². The minimum atomic E-state index is 1.23. The Balaban J connectivity index is 1.33. The Morgan fingerprint density at radius 2 is 0.705 bits per heavy atom. The van der Waals surface area contributed by atoms with Gasteiger partial charge in [0.05, 0.1) is 0 Å². The van der Waals surface area contributed by atoms with Crippen molar-refractivity contribution in [2.24, 2.45) is 0 Å². The second kappa shape index (κ2) is 10.2. The first-order valence-corrected chi connectivity index (χ1v) is 15.5. The summed E-state index contributed by atoms with van der Waals surface area (Å²) in [6.45, 7) is 8.81. The van der Waals surface area contributed by atoms with E-state index in [0.717, 1.165) is 0 Å². The molecule has 0 aliphatic heterocycles. The molecule has 44 heavy (non-hydrogen) atoms. The van der Waals surface area contributed by atoms with E-state index in [9.17, 15) is 0 Å². The van der Waals surface area contributed by atoms with Gasteiger partial charge in [0, 0.05) is 0 Å². The van der Waals surface area contributed by atoms with Gasteiger partial charge in [0.15, 0.2) is 0 Å². The van der Waals surface area contributed by atoms with Crippen LogP contribution in [0.4, 0.5) is 0 Å². The van der Waals surface area contributed by atoms with Crippen LogP contribution in [0.3, 0.4) is 0 Å². The van der Waals surface area contributed by atoms with Gasteiger partial charge in [-0.2, -0.15) is 0 Å². The Morgan fingerprint density at radius 1 is 0.273 bits per heavy atom. The van der Waals surface area contributed by atoms with E-state index in [4.69, 9.17) is 0 Å². The Labute approximate surface area is 259 Å². The minimum absolute atomic E-state index is 1.23. The molecule has 0 saturated carbocycles. The van der Waals surface area contributed by atoms with Crippen molar-refractivity contribution in [3.8, 4) is 33.4 Å². The van der Waals surface area contributed by atoms with Crippen molar-refractivity contribution in [3.05, 3.63) is 156 Å². The van der Waals surface area contributed by atoms with E-state index in [1.54, 1.807) is 0 Å². The predicted octanol–water partition coefficient (Wildman–Crippen LogP) is 12.5. The molecule has 0 aliphatic rings.